The van der Waals surface area contributed by atoms with E-state index in [0.717, 1.165) is 12.0 Å². The second kappa shape index (κ2) is 8.08. The molecule has 16 heavy (non-hydrogen) atoms. The molecule has 96 valence electrons. The van der Waals surface area contributed by atoms with Gasteiger partial charge >= 0.3 is 0 Å². The molecule has 2 nitrogen and oxygen atoms in total. The summed E-state index contributed by atoms with van der Waals surface area (Å²) in [7, 11) is 0. The molecule has 1 rings (SSSR count). The van der Waals surface area contributed by atoms with E-state index >= 15 is 0 Å². The average Bonchev–Trinajstić information content (AvgIpc) is 2.35. The number of hydrogen-bond donors (Lipinski definition) is 1. The van der Waals surface area contributed by atoms with E-state index in [0.29, 0.717) is 0 Å². The van der Waals surface area contributed by atoms with E-state index in [1.54, 1.807) is 0 Å². The third-order valence-electron chi connectivity index (χ3n) is 4.16. The minimum atomic E-state index is 0.800. The highest BCUT2D eigenvalue weighted by Gasteiger charge is 2.22. The van der Waals surface area contributed by atoms with Crippen molar-refractivity contribution in [2.45, 2.75) is 58.9 Å². The van der Waals surface area contributed by atoms with Crippen molar-refractivity contribution in [1.29, 1.82) is 0 Å². The summed E-state index contributed by atoms with van der Waals surface area (Å²) in [6, 6.07) is 0.800. The van der Waals surface area contributed by atoms with Crippen LogP contribution in [0.1, 0.15) is 52.9 Å². The minimum absolute atomic E-state index is 0.800. The van der Waals surface area contributed by atoms with E-state index in [2.05, 4.69) is 31.0 Å². The molecule has 1 saturated carbocycles. The van der Waals surface area contributed by atoms with Crippen LogP contribution in [0, 0.1) is 5.92 Å². The van der Waals surface area contributed by atoms with Gasteiger partial charge in [-0.15, -0.1) is 0 Å². The molecule has 2 atom stereocenters. The van der Waals surface area contributed by atoms with Crippen LogP contribution in [0.2, 0.25) is 0 Å². The molecule has 0 radical (unpaired) electrons. The molecule has 0 aliphatic heterocycles. The van der Waals surface area contributed by atoms with Crippen LogP contribution in [-0.2, 0) is 0 Å². The number of nitrogens with zero attached hydrogens (tertiary/aromatic N) is 1. The highest BCUT2D eigenvalue weighted by Crippen LogP contribution is 2.26. The predicted octanol–water partition coefficient (Wildman–Crippen LogP) is 2.89. The van der Waals surface area contributed by atoms with Crippen molar-refractivity contribution in [1.82, 2.24) is 10.2 Å². The van der Waals surface area contributed by atoms with Gasteiger partial charge in [-0.25, -0.2) is 0 Å². The molecule has 2 heteroatoms. The first kappa shape index (κ1) is 14.0. The van der Waals surface area contributed by atoms with Crippen LogP contribution < -0.4 is 5.32 Å². The second-order valence-electron chi connectivity index (χ2n) is 5.04. The van der Waals surface area contributed by atoms with Crippen molar-refractivity contribution in [2.75, 3.05) is 26.2 Å². The number of hydrogen-bond acceptors (Lipinski definition) is 2. The van der Waals surface area contributed by atoms with Crippen LogP contribution in [0.5, 0.6) is 0 Å². The summed E-state index contributed by atoms with van der Waals surface area (Å²) in [4.78, 5) is 2.50. The molecule has 1 aliphatic carbocycles. The van der Waals surface area contributed by atoms with Crippen molar-refractivity contribution in [2.24, 2.45) is 5.92 Å². The number of rotatable bonds is 7. The van der Waals surface area contributed by atoms with Gasteiger partial charge in [0.25, 0.3) is 0 Å². The van der Waals surface area contributed by atoms with Crippen LogP contribution >= 0.6 is 0 Å². The fourth-order valence-corrected chi connectivity index (χ4v) is 2.91. The summed E-state index contributed by atoms with van der Waals surface area (Å²) in [5.41, 5.74) is 0. The van der Waals surface area contributed by atoms with Gasteiger partial charge in [-0.05, 0) is 31.8 Å². The maximum Gasteiger partial charge on any atom is 0.0107 e. The highest BCUT2D eigenvalue weighted by atomic mass is 15.1. The zero-order valence-corrected chi connectivity index (χ0v) is 11.5. The van der Waals surface area contributed by atoms with Gasteiger partial charge in [0.2, 0.25) is 0 Å². The summed E-state index contributed by atoms with van der Waals surface area (Å²) in [5.74, 6) is 0.936. The average molecular weight is 226 g/mol. The Morgan fingerprint density at radius 2 is 1.75 bits per heavy atom. The quantitative estimate of drug-likeness (QED) is 0.718. The van der Waals surface area contributed by atoms with Gasteiger partial charge in [-0.2, -0.15) is 0 Å². The molecule has 0 saturated heterocycles. The Morgan fingerprint density at radius 1 is 1.06 bits per heavy atom. The Kier molecular flexibility index (Phi) is 7.06. The van der Waals surface area contributed by atoms with Gasteiger partial charge in [0.1, 0.15) is 0 Å². The molecule has 1 N–H and O–H groups in total. The molecule has 1 aliphatic rings. The SMILES string of the molecule is CCC1CCCCC1NCCN(CC)CC. The Morgan fingerprint density at radius 3 is 2.38 bits per heavy atom. The van der Waals surface area contributed by atoms with Gasteiger partial charge in [0.15, 0.2) is 0 Å². The lowest BCUT2D eigenvalue weighted by Crippen LogP contribution is -2.42. The molecule has 1 fully saturated rings. The van der Waals surface area contributed by atoms with Crippen molar-refractivity contribution in [3.63, 3.8) is 0 Å². The van der Waals surface area contributed by atoms with Crippen molar-refractivity contribution in [3.8, 4) is 0 Å². The Balaban J connectivity index is 2.19. The van der Waals surface area contributed by atoms with Crippen LogP contribution in [-0.4, -0.2) is 37.1 Å². The zero-order chi connectivity index (χ0) is 11.8. The Labute approximate surface area is 102 Å². The van der Waals surface area contributed by atoms with Gasteiger partial charge in [-0.1, -0.05) is 40.0 Å². The molecule has 0 heterocycles. The molecular weight excluding hydrogens is 196 g/mol. The minimum Gasteiger partial charge on any atom is -0.312 e. The van der Waals surface area contributed by atoms with Crippen molar-refractivity contribution in [3.05, 3.63) is 0 Å². The first-order valence-corrected chi connectivity index (χ1v) is 7.27. The lowest BCUT2D eigenvalue weighted by atomic mass is 9.83. The van der Waals surface area contributed by atoms with Crippen LogP contribution in [0.3, 0.4) is 0 Å². The van der Waals surface area contributed by atoms with Gasteiger partial charge in [0, 0.05) is 19.1 Å². The largest absolute Gasteiger partial charge is 0.312 e. The van der Waals surface area contributed by atoms with E-state index in [-0.39, 0.29) is 0 Å². The molecule has 2 unspecified atom stereocenters. The van der Waals surface area contributed by atoms with E-state index in [4.69, 9.17) is 0 Å². The smallest absolute Gasteiger partial charge is 0.0107 e. The highest BCUT2D eigenvalue weighted by molar-refractivity contribution is 4.80. The third kappa shape index (κ3) is 4.42. The molecule has 0 bridgehead atoms. The second-order valence-corrected chi connectivity index (χ2v) is 5.04. The fourth-order valence-electron chi connectivity index (χ4n) is 2.91. The molecule has 0 spiro atoms. The van der Waals surface area contributed by atoms with E-state index < -0.39 is 0 Å². The number of nitrogens with one attached hydrogen (secondary N) is 1. The summed E-state index contributed by atoms with van der Waals surface area (Å²) >= 11 is 0. The van der Waals surface area contributed by atoms with Gasteiger partial charge in [-0.3, -0.25) is 0 Å². The predicted molar refractivity (Wildman–Crippen MR) is 71.8 cm³/mol. The monoisotopic (exact) mass is 226 g/mol. The lowest BCUT2D eigenvalue weighted by molar-refractivity contribution is 0.236. The van der Waals surface area contributed by atoms with Gasteiger partial charge < -0.3 is 10.2 Å². The lowest BCUT2D eigenvalue weighted by Gasteiger charge is -2.32. The Hall–Kier alpha value is -0.0800. The van der Waals surface area contributed by atoms with Crippen LogP contribution in [0.25, 0.3) is 0 Å². The standard InChI is InChI=1S/C14H30N2/c1-4-13-9-7-8-10-14(13)15-11-12-16(5-2)6-3/h13-15H,4-12H2,1-3H3. The summed E-state index contributed by atoms with van der Waals surface area (Å²) in [6.07, 6.45) is 7.07. The molecule has 0 aromatic rings. The van der Waals surface area contributed by atoms with Crippen LogP contribution in [0.15, 0.2) is 0 Å². The molecule has 0 aromatic heterocycles. The Bertz CT molecular complexity index is 166. The molecular formula is C14H30N2. The zero-order valence-electron chi connectivity index (χ0n) is 11.5. The van der Waals surface area contributed by atoms with E-state index in [9.17, 15) is 0 Å². The fraction of sp³-hybridized carbons (Fsp3) is 1.00. The first-order chi connectivity index (χ1) is 7.81. The number of likely N-dealkylation sites (N-methyl/N-ethyl adjacent to an activating group) is 1. The molecule has 0 aromatic carbocycles. The summed E-state index contributed by atoms with van der Waals surface area (Å²) in [5, 5.41) is 3.78. The van der Waals surface area contributed by atoms with E-state index in [1.165, 1.54) is 58.3 Å². The van der Waals surface area contributed by atoms with Crippen LogP contribution in [0.4, 0.5) is 0 Å². The first-order valence-electron chi connectivity index (χ1n) is 7.27. The topological polar surface area (TPSA) is 15.3 Å². The summed E-state index contributed by atoms with van der Waals surface area (Å²) in [6.45, 7) is 11.6. The third-order valence-corrected chi connectivity index (χ3v) is 4.16. The maximum atomic E-state index is 3.78. The maximum absolute atomic E-state index is 3.78. The van der Waals surface area contributed by atoms with Crippen molar-refractivity contribution < 1.29 is 0 Å². The van der Waals surface area contributed by atoms with Gasteiger partial charge in [0.05, 0.1) is 0 Å². The van der Waals surface area contributed by atoms with E-state index in [1.807, 2.05) is 0 Å². The van der Waals surface area contributed by atoms with Crippen molar-refractivity contribution >= 4 is 0 Å². The molecule has 0 amide bonds. The normalized spacial score (nSPS) is 26.2. The summed E-state index contributed by atoms with van der Waals surface area (Å²) < 4.78 is 0.